The van der Waals surface area contributed by atoms with Crippen molar-refractivity contribution in [1.82, 2.24) is 20.4 Å². The standard InChI is InChI=1S/C12H21N5O/c1-3-17-6-4-9(5-7-17)15-12(18)11-10(13-2)8-14-16-11/h8-9,13H,3-7H2,1-2H3,(H,14,16)(H,15,18). The second-order valence-electron chi connectivity index (χ2n) is 4.59. The maximum Gasteiger partial charge on any atom is 0.271 e. The summed E-state index contributed by atoms with van der Waals surface area (Å²) >= 11 is 0. The van der Waals surface area contributed by atoms with Crippen LogP contribution in [0.5, 0.6) is 0 Å². The first-order valence-corrected chi connectivity index (χ1v) is 6.49. The van der Waals surface area contributed by atoms with E-state index in [9.17, 15) is 4.79 Å². The lowest BCUT2D eigenvalue weighted by Crippen LogP contribution is -2.44. The van der Waals surface area contributed by atoms with Crippen molar-refractivity contribution in [2.24, 2.45) is 0 Å². The normalized spacial score (nSPS) is 17.7. The van der Waals surface area contributed by atoms with Crippen LogP contribution in [0.2, 0.25) is 0 Å². The van der Waals surface area contributed by atoms with Gasteiger partial charge in [-0.1, -0.05) is 6.92 Å². The number of aromatic amines is 1. The molecule has 0 bridgehead atoms. The zero-order chi connectivity index (χ0) is 13.0. The zero-order valence-electron chi connectivity index (χ0n) is 11.0. The van der Waals surface area contributed by atoms with E-state index in [0.717, 1.165) is 38.2 Å². The molecule has 18 heavy (non-hydrogen) atoms. The summed E-state index contributed by atoms with van der Waals surface area (Å²) in [5, 5.41) is 12.6. The minimum atomic E-state index is -0.0770. The number of carbonyl (C=O) groups excluding carboxylic acids is 1. The molecule has 1 aromatic rings. The number of aromatic nitrogens is 2. The van der Waals surface area contributed by atoms with Crippen molar-refractivity contribution in [2.75, 3.05) is 32.0 Å². The van der Waals surface area contributed by atoms with Crippen molar-refractivity contribution >= 4 is 11.6 Å². The van der Waals surface area contributed by atoms with Crippen molar-refractivity contribution in [3.8, 4) is 0 Å². The SMILES string of the molecule is CCN1CCC(NC(=O)c2[nH]ncc2NC)CC1. The number of nitrogens with zero attached hydrogens (tertiary/aromatic N) is 2. The lowest BCUT2D eigenvalue weighted by Gasteiger charge is -2.31. The highest BCUT2D eigenvalue weighted by Crippen LogP contribution is 2.13. The van der Waals surface area contributed by atoms with Crippen LogP contribution in [0.3, 0.4) is 0 Å². The molecule has 0 unspecified atom stereocenters. The van der Waals surface area contributed by atoms with Crippen LogP contribution in [0.4, 0.5) is 5.69 Å². The highest BCUT2D eigenvalue weighted by atomic mass is 16.2. The fraction of sp³-hybridized carbons (Fsp3) is 0.667. The van der Waals surface area contributed by atoms with Crippen LogP contribution in [-0.4, -0.2) is 53.7 Å². The monoisotopic (exact) mass is 251 g/mol. The summed E-state index contributed by atoms with van der Waals surface area (Å²) < 4.78 is 0. The molecule has 2 rings (SSSR count). The highest BCUT2D eigenvalue weighted by molar-refractivity contribution is 5.97. The van der Waals surface area contributed by atoms with Gasteiger partial charge in [0.05, 0.1) is 11.9 Å². The number of hydrogen-bond donors (Lipinski definition) is 3. The Bertz CT molecular complexity index is 395. The molecular formula is C12H21N5O. The molecule has 0 aromatic carbocycles. The van der Waals surface area contributed by atoms with Gasteiger partial charge < -0.3 is 15.5 Å². The number of carbonyl (C=O) groups is 1. The zero-order valence-corrected chi connectivity index (χ0v) is 11.0. The lowest BCUT2D eigenvalue weighted by atomic mass is 10.0. The molecular weight excluding hydrogens is 230 g/mol. The van der Waals surface area contributed by atoms with Crippen LogP contribution in [0.1, 0.15) is 30.3 Å². The quantitative estimate of drug-likeness (QED) is 0.735. The fourth-order valence-corrected chi connectivity index (χ4v) is 2.30. The molecule has 1 aromatic heterocycles. The Hall–Kier alpha value is -1.56. The predicted molar refractivity (Wildman–Crippen MR) is 70.7 cm³/mol. The maximum absolute atomic E-state index is 12.1. The number of piperidine rings is 1. The van der Waals surface area contributed by atoms with Gasteiger partial charge in [0.15, 0.2) is 0 Å². The molecule has 1 amide bonds. The summed E-state index contributed by atoms with van der Waals surface area (Å²) in [7, 11) is 1.78. The van der Waals surface area contributed by atoms with E-state index >= 15 is 0 Å². The van der Waals surface area contributed by atoms with Crippen LogP contribution in [0, 0.1) is 0 Å². The third-order valence-electron chi connectivity index (χ3n) is 3.51. The average Bonchev–Trinajstić information content (AvgIpc) is 2.88. The molecule has 100 valence electrons. The number of hydrogen-bond acceptors (Lipinski definition) is 4. The summed E-state index contributed by atoms with van der Waals surface area (Å²) in [5.74, 6) is -0.0770. The van der Waals surface area contributed by atoms with Gasteiger partial charge in [0.2, 0.25) is 0 Å². The van der Waals surface area contributed by atoms with Gasteiger partial charge in [0.25, 0.3) is 5.91 Å². The molecule has 1 aliphatic rings. The van der Waals surface area contributed by atoms with Gasteiger partial charge in [0.1, 0.15) is 5.69 Å². The van der Waals surface area contributed by atoms with Crippen molar-refractivity contribution in [3.05, 3.63) is 11.9 Å². The van der Waals surface area contributed by atoms with E-state index in [1.807, 2.05) is 0 Å². The molecule has 0 spiro atoms. The lowest BCUT2D eigenvalue weighted by molar-refractivity contribution is 0.0908. The van der Waals surface area contributed by atoms with Gasteiger partial charge in [-0.15, -0.1) is 0 Å². The molecule has 1 saturated heterocycles. The first-order valence-electron chi connectivity index (χ1n) is 6.49. The summed E-state index contributed by atoms with van der Waals surface area (Å²) in [4.78, 5) is 14.5. The van der Waals surface area contributed by atoms with Gasteiger partial charge in [0, 0.05) is 26.2 Å². The summed E-state index contributed by atoms with van der Waals surface area (Å²) in [6.07, 6.45) is 3.65. The third-order valence-corrected chi connectivity index (χ3v) is 3.51. The van der Waals surface area contributed by atoms with Crippen LogP contribution < -0.4 is 10.6 Å². The van der Waals surface area contributed by atoms with E-state index in [4.69, 9.17) is 0 Å². The van der Waals surface area contributed by atoms with E-state index in [1.165, 1.54) is 0 Å². The van der Waals surface area contributed by atoms with Crippen LogP contribution >= 0.6 is 0 Å². The molecule has 6 heteroatoms. The van der Waals surface area contributed by atoms with Gasteiger partial charge in [-0.05, 0) is 19.4 Å². The molecule has 2 heterocycles. The number of likely N-dealkylation sites (tertiary alicyclic amines) is 1. The van der Waals surface area contributed by atoms with E-state index in [0.29, 0.717) is 5.69 Å². The van der Waals surface area contributed by atoms with Crippen LogP contribution in [0.15, 0.2) is 6.20 Å². The highest BCUT2D eigenvalue weighted by Gasteiger charge is 2.21. The molecule has 0 atom stereocenters. The summed E-state index contributed by atoms with van der Waals surface area (Å²) in [6.45, 7) is 5.38. The number of H-pyrrole nitrogens is 1. The van der Waals surface area contributed by atoms with Gasteiger partial charge in [-0.25, -0.2) is 0 Å². The van der Waals surface area contributed by atoms with Gasteiger partial charge in [-0.2, -0.15) is 5.10 Å². The second kappa shape index (κ2) is 5.86. The van der Waals surface area contributed by atoms with Crippen molar-refractivity contribution in [2.45, 2.75) is 25.8 Å². The average molecular weight is 251 g/mol. The van der Waals surface area contributed by atoms with Crippen molar-refractivity contribution in [1.29, 1.82) is 0 Å². The first-order chi connectivity index (χ1) is 8.74. The van der Waals surface area contributed by atoms with Crippen molar-refractivity contribution < 1.29 is 4.79 Å². The van der Waals surface area contributed by atoms with Crippen LogP contribution in [-0.2, 0) is 0 Å². The Labute approximate surface area is 107 Å². The Morgan fingerprint density at radius 1 is 1.56 bits per heavy atom. The first kappa shape index (κ1) is 12.9. The Kier molecular flexibility index (Phi) is 4.19. The second-order valence-corrected chi connectivity index (χ2v) is 4.59. The van der Waals surface area contributed by atoms with E-state index in [1.54, 1.807) is 13.2 Å². The third kappa shape index (κ3) is 2.81. The van der Waals surface area contributed by atoms with E-state index in [-0.39, 0.29) is 11.9 Å². The van der Waals surface area contributed by atoms with Gasteiger partial charge in [-0.3, -0.25) is 9.89 Å². The Morgan fingerprint density at radius 2 is 2.28 bits per heavy atom. The molecule has 1 aliphatic heterocycles. The largest absolute Gasteiger partial charge is 0.385 e. The van der Waals surface area contributed by atoms with Gasteiger partial charge >= 0.3 is 0 Å². The molecule has 0 saturated carbocycles. The molecule has 0 aliphatic carbocycles. The Morgan fingerprint density at radius 3 is 2.89 bits per heavy atom. The summed E-state index contributed by atoms with van der Waals surface area (Å²) in [6, 6.07) is 0.272. The molecule has 6 nitrogen and oxygen atoms in total. The number of rotatable bonds is 4. The van der Waals surface area contributed by atoms with Crippen LogP contribution in [0.25, 0.3) is 0 Å². The summed E-state index contributed by atoms with van der Waals surface area (Å²) in [5.41, 5.74) is 1.24. The number of anilines is 1. The maximum atomic E-state index is 12.1. The van der Waals surface area contributed by atoms with E-state index < -0.39 is 0 Å². The van der Waals surface area contributed by atoms with Crippen molar-refractivity contribution in [3.63, 3.8) is 0 Å². The Balaban J connectivity index is 1.89. The minimum Gasteiger partial charge on any atom is -0.385 e. The topological polar surface area (TPSA) is 73.0 Å². The van der Waals surface area contributed by atoms with E-state index in [2.05, 4.69) is 32.7 Å². The minimum absolute atomic E-state index is 0.0770. The molecule has 0 radical (unpaired) electrons. The smallest absolute Gasteiger partial charge is 0.271 e. The predicted octanol–water partition coefficient (Wildman–Crippen LogP) is 0.665. The fourth-order valence-electron chi connectivity index (χ4n) is 2.30. The molecule has 3 N–H and O–H groups in total. The molecule has 1 fully saturated rings. The number of amides is 1. The number of nitrogens with one attached hydrogen (secondary N) is 3.